The molecule has 0 aliphatic heterocycles. The van der Waals surface area contributed by atoms with Crippen LogP contribution in [0.4, 0.5) is 10.1 Å². The Labute approximate surface area is 156 Å². The highest BCUT2D eigenvalue weighted by molar-refractivity contribution is 6.09. The molecule has 0 radical (unpaired) electrons. The van der Waals surface area contributed by atoms with Gasteiger partial charge in [-0.1, -0.05) is 18.2 Å². The SMILES string of the molecule is COC(=O)c1ccc(NC(=O)C(C)(C)C(=O)NCc2ccccc2F)cc1. The van der Waals surface area contributed by atoms with E-state index in [-0.39, 0.29) is 6.54 Å². The Kier molecular flexibility index (Phi) is 6.28. The molecule has 0 fully saturated rings. The number of rotatable bonds is 6. The van der Waals surface area contributed by atoms with Crippen LogP contribution in [0.3, 0.4) is 0 Å². The van der Waals surface area contributed by atoms with Crippen molar-refractivity contribution in [2.75, 3.05) is 12.4 Å². The van der Waals surface area contributed by atoms with E-state index in [1.165, 1.54) is 51.3 Å². The molecule has 2 aromatic carbocycles. The minimum atomic E-state index is -1.38. The Morgan fingerprint density at radius 3 is 2.22 bits per heavy atom. The van der Waals surface area contributed by atoms with Crippen LogP contribution >= 0.6 is 0 Å². The summed E-state index contributed by atoms with van der Waals surface area (Å²) in [5, 5.41) is 5.21. The van der Waals surface area contributed by atoms with E-state index in [2.05, 4.69) is 15.4 Å². The second kappa shape index (κ2) is 8.44. The lowest BCUT2D eigenvalue weighted by molar-refractivity contribution is -0.138. The fourth-order valence-electron chi connectivity index (χ4n) is 2.24. The summed E-state index contributed by atoms with van der Waals surface area (Å²) in [4.78, 5) is 36.3. The van der Waals surface area contributed by atoms with Crippen molar-refractivity contribution >= 4 is 23.5 Å². The van der Waals surface area contributed by atoms with Crippen molar-refractivity contribution in [3.8, 4) is 0 Å². The van der Waals surface area contributed by atoms with E-state index < -0.39 is 29.0 Å². The summed E-state index contributed by atoms with van der Waals surface area (Å²) < 4.78 is 18.2. The van der Waals surface area contributed by atoms with Crippen molar-refractivity contribution in [3.63, 3.8) is 0 Å². The minimum absolute atomic E-state index is 0.0178. The van der Waals surface area contributed by atoms with Gasteiger partial charge in [0.1, 0.15) is 11.2 Å². The summed E-state index contributed by atoms with van der Waals surface area (Å²) in [7, 11) is 1.28. The van der Waals surface area contributed by atoms with Gasteiger partial charge in [-0.05, 0) is 44.2 Å². The van der Waals surface area contributed by atoms with E-state index in [4.69, 9.17) is 0 Å². The van der Waals surface area contributed by atoms with Gasteiger partial charge in [-0.2, -0.15) is 0 Å². The largest absolute Gasteiger partial charge is 0.465 e. The molecule has 6 nitrogen and oxygen atoms in total. The van der Waals surface area contributed by atoms with Crippen LogP contribution in [0, 0.1) is 11.2 Å². The zero-order valence-corrected chi connectivity index (χ0v) is 15.3. The Bertz CT molecular complexity index is 847. The van der Waals surface area contributed by atoms with E-state index in [1.807, 2.05) is 0 Å². The molecule has 0 aromatic heterocycles. The maximum absolute atomic E-state index is 13.6. The molecule has 142 valence electrons. The number of carbonyl (C=O) groups excluding carboxylic acids is 3. The predicted molar refractivity (Wildman–Crippen MR) is 98.4 cm³/mol. The number of ether oxygens (including phenoxy) is 1. The maximum atomic E-state index is 13.6. The molecule has 0 bridgehead atoms. The highest BCUT2D eigenvalue weighted by atomic mass is 19.1. The van der Waals surface area contributed by atoms with Gasteiger partial charge in [0.15, 0.2) is 0 Å². The average molecular weight is 372 g/mol. The predicted octanol–water partition coefficient (Wildman–Crippen LogP) is 2.89. The van der Waals surface area contributed by atoms with E-state index in [1.54, 1.807) is 18.2 Å². The molecule has 0 heterocycles. The van der Waals surface area contributed by atoms with Crippen LogP contribution in [-0.2, 0) is 20.9 Å². The fraction of sp³-hybridized carbons (Fsp3) is 0.250. The number of hydrogen-bond donors (Lipinski definition) is 2. The molecule has 0 aliphatic rings. The lowest BCUT2D eigenvalue weighted by Crippen LogP contribution is -2.45. The van der Waals surface area contributed by atoms with Crippen molar-refractivity contribution in [2.24, 2.45) is 5.41 Å². The smallest absolute Gasteiger partial charge is 0.337 e. The van der Waals surface area contributed by atoms with Gasteiger partial charge in [0.2, 0.25) is 11.8 Å². The Morgan fingerprint density at radius 2 is 1.63 bits per heavy atom. The molecule has 7 heteroatoms. The summed E-state index contributed by atoms with van der Waals surface area (Å²) in [6.07, 6.45) is 0. The van der Waals surface area contributed by atoms with E-state index >= 15 is 0 Å². The number of methoxy groups -OCH3 is 1. The van der Waals surface area contributed by atoms with Crippen LogP contribution < -0.4 is 10.6 Å². The third-order valence-electron chi connectivity index (χ3n) is 4.10. The minimum Gasteiger partial charge on any atom is -0.465 e. The first-order chi connectivity index (χ1) is 12.8. The van der Waals surface area contributed by atoms with Crippen LogP contribution in [0.25, 0.3) is 0 Å². The molecule has 0 spiro atoms. The van der Waals surface area contributed by atoms with Gasteiger partial charge in [0.25, 0.3) is 0 Å². The van der Waals surface area contributed by atoms with Crippen LogP contribution in [0.15, 0.2) is 48.5 Å². The van der Waals surface area contributed by atoms with Crippen LogP contribution in [0.5, 0.6) is 0 Å². The molecule has 0 unspecified atom stereocenters. The van der Waals surface area contributed by atoms with Crippen molar-refractivity contribution in [1.29, 1.82) is 0 Å². The molecule has 0 saturated carbocycles. The van der Waals surface area contributed by atoms with Crippen molar-refractivity contribution in [3.05, 3.63) is 65.5 Å². The van der Waals surface area contributed by atoms with Gasteiger partial charge in [0, 0.05) is 17.8 Å². The number of benzene rings is 2. The lowest BCUT2D eigenvalue weighted by atomic mass is 9.90. The van der Waals surface area contributed by atoms with Crippen LogP contribution in [0.2, 0.25) is 0 Å². The van der Waals surface area contributed by atoms with E-state index in [0.29, 0.717) is 16.8 Å². The third-order valence-corrected chi connectivity index (χ3v) is 4.10. The highest BCUT2D eigenvalue weighted by Gasteiger charge is 2.36. The maximum Gasteiger partial charge on any atom is 0.337 e. The first-order valence-electron chi connectivity index (χ1n) is 8.27. The van der Waals surface area contributed by atoms with E-state index in [9.17, 15) is 18.8 Å². The molecule has 2 amide bonds. The van der Waals surface area contributed by atoms with E-state index in [0.717, 1.165) is 0 Å². The van der Waals surface area contributed by atoms with Gasteiger partial charge in [-0.15, -0.1) is 0 Å². The normalized spacial score (nSPS) is 10.8. The molecule has 0 atom stereocenters. The van der Waals surface area contributed by atoms with Crippen LogP contribution in [-0.4, -0.2) is 24.9 Å². The summed E-state index contributed by atoms with van der Waals surface area (Å²) in [5.41, 5.74) is -0.271. The number of amides is 2. The number of esters is 1. The quantitative estimate of drug-likeness (QED) is 0.603. The highest BCUT2D eigenvalue weighted by Crippen LogP contribution is 2.20. The van der Waals surface area contributed by atoms with Crippen molar-refractivity contribution in [2.45, 2.75) is 20.4 Å². The summed E-state index contributed by atoms with van der Waals surface area (Å²) in [6.45, 7) is 2.93. The van der Waals surface area contributed by atoms with Crippen molar-refractivity contribution in [1.82, 2.24) is 5.32 Å². The van der Waals surface area contributed by atoms with Gasteiger partial charge < -0.3 is 15.4 Å². The molecule has 27 heavy (non-hydrogen) atoms. The second-order valence-electron chi connectivity index (χ2n) is 6.42. The van der Waals surface area contributed by atoms with Crippen molar-refractivity contribution < 1.29 is 23.5 Å². The standard InChI is InChI=1S/C20H21FN2O4/c1-20(2,18(25)22-12-14-6-4-5-7-16(14)21)19(26)23-15-10-8-13(9-11-15)17(24)27-3/h4-11H,12H2,1-3H3,(H,22,25)(H,23,26). The number of carbonyl (C=O) groups is 3. The van der Waals surface area contributed by atoms with Gasteiger partial charge in [0.05, 0.1) is 12.7 Å². The summed E-state index contributed by atoms with van der Waals surface area (Å²) in [5.74, 6) is -1.97. The number of halogens is 1. The fourth-order valence-corrected chi connectivity index (χ4v) is 2.24. The molecule has 0 saturated heterocycles. The summed E-state index contributed by atoms with van der Waals surface area (Å²) in [6, 6.07) is 12.2. The molecular weight excluding hydrogens is 351 g/mol. The molecule has 2 N–H and O–H groups in total. The molecular formula is C20H21FN2O4. The zero-order valence-electron chi connectivity index (χ0n) is 15.3. The zero-order chi connectivity index (χ0) is 20.0. The third kappa shape index (κ3) is 4.91. The van der Waals surface area contributed by atoms with Crippen LogP contribution in [0.1, 0.15) is 29.8 Å². The molecule has 0 aliphatic carbocycles. The Hall–Kier alpha value is -3.22. The number of hydrogen-bond acceptors (Lipinski definition) is 4. The van der Waals surface area contributed by atoms with Gasteiger partial charge in [-0.25, -0.2) is 9.18 Å². The second-order valence-corrected chi connectivity index (χ2v) is 6.42. The first kappa shape index (κ1) is 20.1. The van der Waals surface area contributed by atoms with Gasteiger partial charge in [-0.3, -0.25) is 9.59 Å². The Morgan fingerprint density at radius 1 is 1.00 bits per heavy atom. The number of nitrogens with one attached hydrogen (secondary N) is 2. The first-order valence-corrected chi connectivity index (χ1v) is 8.27. The number of anilines is 1. The molecule has 2 aromatic rings. The average Bonchev–Trinajstić information content (AvgIpc) is 2.66. The Balaban J connectivity index is 2.00. The monoisotopic (exact) mass is 372 g/mol. The molecule has 2 rings (SSSR count). The lowest BCUT2D eigenvalue weighted by Gasteiger charge is -2.23. The van der Waals surface area contributed by atoms with Gasteiger partial charge >= 0.3 is 5.97 Å². The topological polar surface area (TPSA) is 84.5 Å². The summed E-state index contributed by atoms with van der Waals surface area (Å²) >= 11 is 0.